The number of carbonyl (C=O) groups is 1. The van der Waals surface area contributed by atoms with Crippen molar-refractivity contribution in [2.24, 2.45) is 5.92 Å². The Balaban J connectivity index is 1.64. The number of benzene rings is 1. The number of hydrogen-bond donors (Lipinski definition) is 2. The van der Waals surface area contributed by atoms with Crippen LogP contribution in [0.4, 0.5) is 0 Å². The van der Waals surface area contributed by atoms with Gasteiger partial charge in [-0.2, -0.15) is 0 Å². The van der Waals surface area contributed by atoms with Crippen molar-refractivity contribution >= 4 is 21.8 Å². The molecule has 0 saturated heterocycles. The number of ether oxygens (including phenoxy) is 1. The molecule has 1 saturated carbocycles. The maximum Gasteiger partial charge on any atom is 0.223 e. The Morgan fingerprint density at radius 1 is 1.35 bits per heavy atom. The van der Waals surface area contributed by atoms with E-state index in [1.54, 1.807) is 0 Å². The van der Waals surface area contributed by atoms with E-state index in [0.29, 0.717) is 25.7 Å². The monoisotopic (exact) mass is 341 g/mol. The van der Waals surface area contributed by atoms with Crippen LogP contribution in [-0.4, -0.2) is 37.4 Å². The molecule has 0 radical (unpaired) electrons. The minimum Gasteiger partial charge on any atom is -0.394 e. The van der Waals surface area contributed by atoms with Crippen LogP contribution >= 0.6 is 15.9 Å². The van der Waals surface area contributed by atoms with Crippen molar-refractivity contribution in [1.82, 2.24) is 5.32 Å². The first-order valence-electron chi connectivity index (χ1n) is 6.94. The van der Waals surface area contributed by atoms with Crippen molar-refractivity contribution in [3.8, 4) is 0 Å². The number of nitrogens with one attached hydrogen (secondary N) is 1. The molecule has 1 aromatic rings. The van der Waals surface area contributed by atoms with Gasteiger partial charge in [0.05, 0.1) is 13.2 Å². The van der Waals surface area contributed by atoms with Gasteiger partial charge in [0.1, 0.15) is 0 Å². The Morgan fingerprint density at radius 3 is 2.80 bits per heavy atom. The van der Waals surface area contributed by atoms with Crippen LogP contribution in [0.3, 0.4) is 0 Å². The Hall–Kier alpha value is -0.910. The predicted molar refractivity (Wildman–Crippen MR) is 80.5 cm³/mol. The lowest BCUT2D eigenvalue weighted by Crippen LogP contribution is -2.27. The van der Waals surface area contributed by atoms with Crippen LogP contribution in [-0.2, 0) is 9.53 Å². The SMILES string of the molecule is O=C(NCCCOCCO)C1CC1c1ccc(Br)cc1. The summed E-state index contributed by atoms with van der Waals surface area (Å²) in [5, 5.41) is 11.5. The fraction of sp³-hybridized carbons (Fsp3) is 0.533. The molecule has 110 valence electrons. The summed E-state index contributed by atoms with van der Waals surface area (Å²) in [6.45, 7) is 1.61. The lowest BCUT2D eigenvalue weighted by Gasteiger charge is -2.05. The number of halogens is 1. The topological polar surface area (TPSA) is 58.6 Å². The van der Waals surface area contributed by atoms with Gasteiger partial charge >= 0.3 is 0 Å². The molecule has 20 heavy (non-hydrogen) atoms. The molecular formula is C15H20BrNO3. The number of aliphatic hydroxyl groups is 1. The van der Waals surface area contributed by atoms with Crippen molar-refractivity contribution in [3.63, 3.8) is 0 Å². The molecule has 2 atom stereocenters. The van der Waals surface area contributed by atoms with Gasteiger partial charge in [-0.1, -0.05) is 28.1 Å². The Kier molecular flexibility index (Phi) is 6.01. The molecular weight excluding hydrogens is 322 g/mol. The molecule has 0 bridgehead atoms. The molecule has 1 aliphatic carbocycles. The van der Waals surface area contributed by atoms with Crippen molar-refractivity contribution in [1.29, 1.82) is 0 Å². The molecule has 4 nitrogen and oxygen atoms in total. The third-order valence-corrected chi connectivity index (χ3v) is 3.95. The van der Waals surface area contributed by atoms with Gasteiger partial charge in [0.2, 0.25) is 5.91 Å². The summed E-state index contributed by atoms with van der Waals surface area (Å²) in [7, 11) is 0. The van der Waals surface area contributed by atoms with Gasteiger partial charge < -0.3 is 15.2 Å². The lowest BCUT2D eigenvalue weighted by atomic mass is 10.1. The summed E-state index contributed by atoms with van der Waals surface area (Å²) >= 11 is 3.41. The summed E-state index contributed by atoms with van der Waals surface area (Å²) in [5.74, 6) is 0.628. The zero-order chi connectivity index (χ0) is 14.4. The van der Waals surface area contributed by atoms with Gasteiger partial charge in [-0.3, -0.25) is 4.79 Å². The molecule has 0 spiro atoms. The molecule has 1 amide bonds. The van der Waals surface area contributed by atoms with Gasteiger partial charge in [-0.15, -0.1) is 0 Å². The lowest BCUT2D eigenvalue weighted by molar-refractivity contribution is -0.122. The third-order valence-electron chi connectivity index (χ3n) is 3.43. The van der Waals surface area contributed by atoms with E-state index in [4.69, 9.17) is 9.84 Å². The highest BCUT2D eigenvalue weighted by atomic mass is 79.9. The fourth-order valence-electron chi connectivity index (χ4n) is 2.25. The van der Waals surface area contributed by atoms with Crippen LogP contribution in [0.2, 0.25) is 0 Å². The molecule has 2 unspecified atom stereocenters. The molecule has 0 aromatic heterocycles. The smallest absolute Gasteiger partial charge is 0.223 e. The number of amides is 1. The van der Waals surface area contributed by atoms with E-state index in [2.05, 4.69) is 33.4 Å². The second kappa shape index (κ2) is 7.76. The molecule has 0 heterocycles. The van der Waals surface area contributed by atoms with Crippen molar-refractivity contribution in [2.75, 3.05) is 26.4 Å². The van der Waals surface area contributed by atoms with Crippen LogP contribution in [0, 0.1) is 5.92 Å². The molecule has 2 N–H and O–H groups in total. The summed E-state index contributed by atoms with van der Waals surface area (Å²) in [5.41, 5.74) is 1.24. The van der Waals surface area contributed by atoms with Gasteiger partial charge in [0.25, 0.3) is 0 Å². The molecule has 1 aliphatic rings. The van der Waals surface area contributed by atoms with Crippen molar-refractivity contribution < 1.29 is 14.6 Å². The average molecular weight is 342 g/mol. The number of rotatable bonds is 8. The van der Waals surface area contributed by atoms with E-state index < -0.39 is 0 Å². The van der Waals surface area contributed by atoms with Gasteiger partial charge in [-0.25, -0.2) is 0 Å². The van der Waals surface area contributed by atoms with Crippen LogP contribution in [0.15, 0.2) is 28.7 Å². The van der Waals surface area contributed by atoms with Gasteiger partial charge in [0, 0.05) is 23.5 Å². The maximum atomic E-state index is 11.9. The second-order valence-corrected chi connectivity index (χ2v) is 5.90. The molecule has 1 aromatic carbocycles. The largest absolute Gasteiger partial charge is 0.394 e. The highest BCUT2D eigenvalue weighted by Gasteiger charge is 2.43. The van der Waals surface area contributed by atoms with E-state index in [1.807, 2.05) is 12.1 Å². The summed E-state index contributed by atoms with van der Waals surface area (Å²) < 4.78 is 6.20. The third kappa shape index (κ3) is 4.58. The minimum atomic E-state index is 0.0449. The van der Waals surface area contributed by atoms with E-state index in [0.717, 1.165) is 17.3 Å². The first kappa shape index (κ1) is 15.5. The zero-order valence-corrected chi connectivity index (χ0v) is 12.9. The van der Waals surface area contributed by atoms with E-state index in [1.165, 1.54) is 5.56 Å². The standard InChI is InChI=1S/C15H20BrNO3/c16-12-4-2-11(3-5-12)13-10-14(13)15(19)17-6-1-8-20-9-7-18/h2-5,13-14,18H,1,6-10H2,(H,17,19). The maximum absolute atomic E-state index is 11.9. The predicted octanol–water partition coefficient (Wildman–Crippen LogP) is 2.07. The summed E-state index contributed by atoms with van der Waals surface area (Å²) in [6.07, 6.45) is 1.72. The highest BCUT2D eigenvalue weighted by Crippen LogP contribution is 2.47. The number of aliphatic hydroxyl groups excluding tert-OH is 1. The van der Waals surface area contributed by atoms with Crippen LogP contribution in [0.5, 0.6) is 0 Å². The van der Waals surface area contributed by atoms with E-state index in [9.17, 15) is 4.79 Å². The first-order valence-corrected chi connectivity index (χ1v) is 7.73. The summed E-state index contributed by atoms with van der Waals surface area (Å²) in [6, 6.07) is 8.18. The Labute approximate surface area is 127 Å². The van der Waals surface area contributed by atoms with Crippen LogP contribution in [0.25, 0.3) is 0 Å². The summed E-state index contributed by atoms with van der Waals surface area (Å²) in [4.78, 5) is 11.9. The van der Waals surface area contributed by atoms with E-state index >= 15 is 0 Å². The number of hydrogen-bond acceptors (Lipinski definition) is 3. The number of carbonyl (C=O) groups excluding carboxylic acids is 1. The van der Waals surface area contributed by atoms with Crippen molar-refractivity contribution in [2.45, 2.75) is 18.8 Å². The van der Waals surface area contributed by atoms with Crippen molar-refractivity contribution in [3.05, 3.63) is 34.3 Å². The van der Waals surface area contributed by atoms with E-state index in [-0.39, 0.29) is 18.4 Å². The van der Waals surface area contributed by atoms with Gasteiger partial charge in [-0.05, 0) is 36.5 Å². The normalized spacial score (nSPS) is 20.7. The highest BCUT2D eigenvalue weighted by molar-refractivity contribution is 9.10. The average Bonchev–Trinajstić information content (AvgIpc) is 3.24. The second-order valence-electron chi connectivity index (χ2n) is 4.98. The fourth-order valence-corrected chi connectivity index (χ4v) is 2.51. The zero-order valence-electron chi connectivity index (χ0n) is 11.3. The first-order chi connectivity index (χ1) is 9.72. The molecule has 0 aliphatic heterocycles. The molecule has 1 fully saturated rings. The quantitative estimate of drug-likeness (QED) is 0.711. The van der Waals surface area contributed by atoms with Crippen LogP contribution in [0.1, 0.15) is 24.3 Å². The Bertz CT molecular complexity index is 435. The molecule has 2 rings (SSSR count). The minimum absolute atomic E-state index is 0.0449. The van der Waals surface area contributed by atoms with Gasteiger partial charge in [0.15, 0.2) is 0 Å². The van der Waals surface area contributed by atoms with Crippen LogP contribution < -0.4 is 5.32 Å². The molecule has 5 heteroatoms. The Morgan fingerprint density at radius 2 is 2.10 bits per heavy atom.